The molecule has 0 aliphatic carbocycles. The van der Waals surface area contributed by atoms with Crippen LogP contribution in [0.4, 0.5) is 0 Å². The molecule has 11 heteroatoms. The fraction of sp³-hybridized carbons (Fsp3) is 0.750. The number of rotatable bonds is 12. The number of carboxylic acids is 1. The summed E-state index contributed by atoms with van der Waals surface area (Å²) in [5.74, 6) is -3.30. The molecule has 0 aliphatic heterocycles. The maximum absolute atomic E-state index is 12.4. The van der Waals surface area contributed by atoms with E-state index in [1.165, 1.54) is 20.8 Å². The van der Waals surface area contributed by atoms with E-state index in [1.54, 1.807) is 0 Å². The Morgan fingerprint density at radius 2 is 1.52 bits per heavy atom. The zero-order valence-corrected chi connectivity index (χ0v) is 15.9. The van der Waals surface area contributed by atoms with Crippen molar-refractivity contribution < 1.29 is 29.4 Å². The molecule has 11 nitrogen and oxygen atoms in total. The van der Waals surface area contributed by atoms with Gasteiger partial charge in [-0.05, 0) is 46.6 Å². The molecule has 0 heterocycles. The second-order valence-corrected chi connectivity index (χ2v) is 6.43. The molecule has 0 aromatic carbocycles. The van der Waals surface area contributed by atoms with E-state index in [-0.39, 0.29) is 0 Å². The van der Waals surface area contributed by atoms with Crippen molar-refractivity contribution in [2.75, 3.05) is 6.54 Å². The Hall–Kier alpha value is -2.24. The summed E-state index contributed by atoms with van der Waals surface area (Å²) in [6, 6.07) is -4.30. The van der Waals surface area contributed by atoms with Gasteiger partial charge in [0.25, 0.3) is 0 Å². The summed E-state index contributed by atoms with van der Waals surface area (Å²) in [6.07, 6.45) is 0.227. The van der Waals surface area contributed by atoms with Gasteiger partial charge < -0.3 is 37.6 Å². The molecule has 5 unspecified atom stereocenters. The Morgan fingerprint density at radius 3 is 1.96 bits per heavy atom. The van der Waals surface area contributed by atoms with Crippen LogP contribution in [0.15, 0.2) is 0 Å². The van der Waals surface area contributed by atoms with Gasteiger partial charge in [-0.2, -0.15) is 0 Å². The monoisotopic (exact) mass is 389 g/mol. The van der Waals surface area contributed by atoms with E-state index in [4.69, 9.17) is 16.6 Å². The van der Waals surface area contributed by atoms with Gasteiger partial charge >= 0.3 is 5.97 Å². The van der Waals surface area contributed by atoms with Crippen molar-refractivity contribution in [3.8, 4) is 0 Å². The van der Waals surface area contributed by atoms with E-state index in [9.17, 15) is 24.3 Å². The molecule has 0 aromatic rings. The lowest BCUT2D eigenvalue weighted by molar-refractivity contribution is -0.145. The Kier molecular flexibility index (Phi) is 11.2. The molecule has 0 aliphatic rings. The smallest absolute Gasteiger partial charge is 0.328 e. The van der Waals surface area contributed by atoms with Gasteiger partial charge in [0.05, 0.1) is 12.1 Å². The number of hydrogen-bond acceptors (Lipinski definition) is 7. The van der Waals surface area contributed by atoms with Crippen molar-refractivity contribution in [3.63, 3.8) is 0 Å². The van der Waals surface area contributed by atoms with E-state index in [1.807, 2.05) is 0 Å². The van der Waals surface area contributed by atoms with Crippen molar-refractivity contribution >= 4 is 23.7 Å². The van der Waals surface area contributed by atoms with Crippen LogP contribution in [-0.4, -0.2) is 70.7 Å². The molecule has 0 bridgehead atoms. The first-order valence-corrected chi connectivity index (χ1v) is 8.78. The third kappa shape index (κ3) is 9.31. The van der Waals surface area contributed by atoms with Crippen LogP contribution in [0.3, 0.4) is 0 Å². The van der Waals surface area contributed by atoms with Gasteiger partial charge in [-0.3, -0.25) is 14.4 Å². The van der Waals surface area contributed by atoms with Crippen LogP contribution in [0, 0.1) is 0 Å². The first-order chi connectivity index (χ1) is 12.5. The van der Waals surface area contributed by atoms with Crippen LogP contribution < -0.4 is 27.4 Å². The van der Waals surface area contributed by atoms with Crippen molar-refractivity contribution in [1.29, 1.82) is 0 Å². The van der Waals surface area contributed by atoms with Crippen LogP contribution in [0.1, 0.15) is 40.0 Å². The summed E-state index contributed by atoms with van der Waals surface area (Å²) in [5.41, 5.74) is 10.9. The quantitative estimate of drug-likeness (QED) is 0.176. The summed E-state index contributed by atoms with van der Waals surface area (Å²) in [4.78, 5) is 47.3. The molecule has 0 radical (unpaired) electrons. The van der Waals surface area contributed by atoms with Gasteiger partial charge in [0, 0.05) is 0 Å². The molecule has 27 heavy (non-hydrogen) atoms. The number of unbranched alkanes of at least 4 members (excludes halogenated alkanes) is 1. The second-order valence-electron chi connectivity index (χ2n) is 6.43. The van der Waals surface area contributed by atoms with Crippen LogP contribution in [0.25, 0.3) is 0 Å². The number of aliphatic hydroxyl groups is 1. The highest BCUT2D eigenvalue weighted by atomic mass is 16.4. The maximum atomic E-state index is 12.4. The molecule has 5 atom stereocenters. The first-order valence-electron chi connectivity index (χ1n) is 8.78. The summed E-state index contributed by atoms with van der Waals surface area (Å²) in [7, 11) is 0. The maximum Gasteiger partial charge on any atom is 0.328 e. The largest absolute Gasteiger partial charge is 0.480 e. The average Bonchev–Trinajstić information content (AvgIpc) is 2.57. The summed E-state index contributed by atoms with van der Waals surface area (Å²) < 4.78 is 0. The van der Waals surface area contributed by atoms with Crippen LogP contribution in [-0.2, 0) is 19.2 Å². The number of carbonyl (C=O) groups is 4. The minimum atomic E-state index is -1.50. The first kappa shape index (κ1) is 24.8. The number of nitrogens with one attached hydrogen (secondary N) is 3. The molecule has 0 saturated carbocycles. The Bertz CT molecular complexity index is 525. The summed E-state index contributed by atoms with van der Waals surface area (Å²) in [6.45, 7) is 4.49. The van der Waals surface area contributed by atoms with E-state index in [0.29, 0.717) is 25.8 Å². The molecule has 3 amide bonds. The van der Waals surface area contributed by atoms with Crippen LogP contribution in [0.2, 0.25) is 0 Å². The number of aliphatic carboxylic acids is 1. The minimum absolute atomic E-state index is 0.307. The van der Waals surface area contributed by atoms with Crippen molar-refractivity contribution in [1.82, 2.24) is 16.0 Å². The normalized spacial score (nSPS) is 16.4. The number of carbonyl (C=O) groups excluding carboxylic acids is 3. The van der Waals surface area contributed by atoms with E-state index < -0.39 is 54.0 Å². The number of nitrogens with two attached hydrogens (primary N) is 2. The average molecular weight is 389 g/mol. The van der Waals surface area contributed by atoms with Gasteiger partial charge in [0.15, 0.2) is 6.04 Å². The van der Waals surface area contributed by atoms with Gasteiger partial charge in [0.2, 0.25) is 17.7 Å². The predicted octanol–water partition coefficient (Wildman–Crippen LogP) is -2.60. The van der Waals surface area contributed by atoms with E-state index >= 15 is 0 Å². The van der Waals surface area contributed by atoms with Gasteiger partial charge in [0.1, 0.15) is 12.1 Å². The topological polar surface area (TPSA) is 197 Å². The highest BCUT2D eigenvalue weighted by Crippen LogP contribution is 2.03. The second kappa shape index (κ2) is 12.2. The summed E-state index contributed by atoms with van der Waals surface area (Å²) >= 11 is 0. The molecule has 9 N–H and O–H groups in total. The lowest BCUT2D eigenvalue weighted by Gasteiger charge is -2.23. The highest BCUT2D eigenvalue weighted by Gasteiger charge is 2.29. The fourth-order valence-electron chi connectivity index (χ4n) is 2.11. The Morgan fingerprint density at radius 1 is 0.926 bits per heavy atom. The standard InChI is InChI=1S/C16H31N5O6/c1-8(18)13(23)20-11(6-4-5-7-17)15(25)19-9(2)14(24)21-12(10(3)22)16(26)27/h8-12,22H,4-7,17-18H2,1-3H3,(H,19,25)(H,20,23)(H,21,24)(H,26,27). The lowest BCUT2D eigenvalue weighted by atomic mass is 10.1. The fourth-order valence-corrected chi connectivity index (χ4v) is 2.11. The zero-order valence-electron chi connectivity index (χ0n) is 15.9. The van der Waals surface area contributed by atoms with Gasteiger partial charge in [-0.25, -0.2) is 4.79 Å². The SMILES string of the molecule is CC(N)C(=O)NC(CCCCN)C(=O)NC(C)C(=O)NC(C(=O)O)C(C)O. The van der Waals surface area contributed by atoms with Crippen molar-refractivity contribution in [2.24, 2.45) is 11.5 Å². The number of hydrogen-bond donors (Lipinski definition) is 7. The minimum Gasteiger partial charge on any atom is -0.480 e. The van der Waals surface area contributed by atoms with Crippen molar-refractivity contribution in [3.05, 3.63) is 0 Å². The molecule has 0 rings (SSSR count). The third-order valence-electron chi connectivity index (χ3n) is 3.79. The van der Waals surface area contributed by atoms with Crippen LogP contribution >= 0.6 is 0 Å². The number of amides is 3. The molecule has 0 fully saturated rings. The number of carboxylic acid groups (broad SMARTS) is 1. The van der Waals surface area contributed by atoms with Gasteiger partial charge in [-0.15, -0.1) is 0 Å². The predicted molar refractivity (Wildman–Crippen MR) is 97.3 cm³/mol. The Balaban J connectivity index is 4.93. The molecule has 0 aromatic heterocycles. The van der Waals surface area contributed by atoms with Crippen molar-refractivity contribution in [2.45, 2.75) is 70.3 Å². The molecule has 0 spiro atoms. The van der Waals surface area contributed by atoms with Crippen LogP contribution in [0.5, 0.6) is 0 Å². The third-order valence-corrected chi connectivity index (χ3v) is 3.79. The Labute approximate surface area is 158 Å². The van der Waals surface area contributed by atoms with E-state index in [2.05, 4.69) is 16.0 Å². The van der Waals surface area contributed by atoms with Gasteiger partial charge in [-0.1, -0.05) is 0 Å². The zero-order chi connectivity index (χ0) is 21.1. The van der Waals surface area contributed by atoms with E-state index in [0.717, 1.165) is 0 Å². The molecular weight excluding hydrogens is 358 g/mol. The molecule has 156 valence electrons. The molecule has 0 saturated heterocycles. The highest BCUT2D eigenvalue weighted by molar-refractivity contribution is 5.93. The molecular formula is C16H31N5O6. The lowest BCUT2D eigenvalue weighted by Crippen LogP contribution is -2.57. The summed E-state index contributed by atoms with van der Waals surface area (Å²) in [5, 5.41) is 25.5. The number of aliphatic hydroxyl groups excluding tert-OH is 1.